The number of carboxylic acid groups (broad SMARTS) is 1. The van der Waals surface area contributed by atoms with Crippen molar-refractivity contribution in [2.75, 3.05) is 5.32 Å². The quantitative estimate of drug-likeness (QED) is 0.825. The molecule has 0 spiro atoms. The Kier molecular flexibility index (Phi) is 5.44. The summed E-state index contributed by atoms with van der Waals surface area (Å²) in [6, 6.07) is 2.36. The van der Waals surface area contributed by atoms with Crippen LogP contribution in [0, 0.1) is 5.92 Å². The van der Waals surface area contributed by atoms with E-state index in [1.807, 2.05) is 13.8 Å². The Hall–Kier alpha value is -1.24. The highest BCUT2D eigenvalue weighted by Crippen LogP contribution is 2.36. The molecule has 20 heavy (non-hydrogen) atoms. The van der Waals surface area contributed by atoms with Gasteiger partial charge in [0.2, 0.25) is 0 Å². The van der Waals surface area contributed by atoms with Gasteiger partial charge in [0.25, 0.3) is 0 Å². The molecule has 3 nitrogen and oxygen atoms in total. The molecule has 0 saturated carbocycles. The van der Waals surface area contributed by atoms with E-state index in [9.17, 15) is 18.0 Å². The normalized spacial score (nSPS) is 13.3. The second kappa shape index (κ2) is 6.47. The van der Waals surface area contributed by atoms with E-state index in [4.69, 9.17) is 5.11 Å². The van der Waals surface area contributed by atoms with Crippen LogP contribution in [0.3, 0.4) is 0 Å². The van der Waals surface area contributed by atoms with Gasteiger partial charge in [-0.1, -0.05) is 29.8 Å². The predicted molar refractivity (Wildman–Crippen MR) is 73.6 cm³/mol. The summed E-state index contributed by atoms with van der Waals surface area (Å²) in [7, 11) is 0. The van der Waals surface area contributed by atoms with Crippen LogP contribution in [0.4, 0.5) is 18.9 Å². The molecule has 0 aliphatic heterocycles. The van der Waals surface area contributed by atoms with E-state index in [1.54, 1.807) is 0 Å². The van der Waals surface area contributed by atoms with Crippen molar-refractivity contribution in [2.24, 2.45) is 5.92 Å². The van der Waals surface area contributed by atoms with Crippen LogP contribution in [0.25, 0.3) is 0 Å². The first kappa shape index (κ1) is 16.8. The molecular weight excluding hydrogens is 339 g/mol. The van der Waals surface area contributed by atoms with Gasteiger partial charge in [0.15, 0.2) is 0 Å². The van der Waals surface area contributed by atoms with Gasteiger partial charge in [0.1, 0.15) is 6.04 Å². The molecule has 0 amide bonds. The van der Waals surface area contributed by atoms with Crippen LogP contribution in [0.15, 0.2) is 22.7 Å². The lowest BCUT2D eigenvalue weighted by Crippen LogP contribution is -2.31. The summed E-state index contributed by atoms with van der Waals surface area (Å²) in [5.74, 6) is -1.13. The molecule has 0 bridgehead atoms. The first-order chi connectivity index (χ1) is 9.11. The zero-order valence-electron chi connectivity index (χ0n) is 11.0. The summed E-state index contributed by atoms with van der Waals surface area (Å²) in [5, 5.41) is 11.6. The monoisotopic (exact) mass is 353 g/mol. The molecule has 2 N–H and O–H groups in total. The van der Waals surface area contributed by atoms with Gasteiger partial charge in [-0.25, -0.2) is 4.79 Å². The van der Waals surface area contributed by atoms with Crippen molar-refractivity contribution < 1.29 is 23.1 Å². The van der Waals surface area contributed by atoms with Crippen LogP contribution in [-0.4, -0.2) is 17.1 Å². The van der Waals surface area contributed by atoms with Crippen LogP contribution in [0.5, 0.6) is 0 Å². The van der Waals surface area contributed by atoms with Gasteiger partial charge in [-0.15, -0.1) is 0 Å². The molecule has 0 aliphatic rings. The summed E-state index contributed by atoms with van der Waals surface area (Å²) in [6.07, 6.45) is -4.30. The number of carbonyl (C=O) groups is 1. The van der Waals surface area contributed by atoms with Gasteiger partial charge < -0.3 is 10.4 Å². The third-order valence-electron chi connectivity index (χ3n) is 2.62. The average molecular weight is 354 g/mol. The molecule has 1 aromatic carbocycles. The number of halogens is 4. The fourth-order valence-electron chi connectivity index (χ4n) is 1.76. The van der Waals surface area contributed by atoms with Crippen molar-refractivity contribution in [3.8, 4) is 0 Å². The van der Waals surface area contributed by atoms with Crippen LogP contribution >= 0.6 is 15.9 Å². The van der Waals surface area contributed by atoms with E-state index >= 15 is 0 Å². The van der Waals surface area contributed by atoms with E-state index in [-0.39, 0.29) is 18.0 Å². The first-order valence-electron chi connectivity index (χ1n) is 5.97. The number of carboxylic acids is 1. The highest BCUT2D eigenvalue weighted by molar-refractivity contribution is 9.10. The molecule has 7 heteroatoms. The third kappa shape index (κ3) is 4.70. The van der Waals surface area contributed by atoms with Gasteiger partial charge >= 0.3 is 12.1 Å². The molecule has 1 atom stereocenters. The minimum absolute atomic E-state index is 0.0464. The number of hydrogen-bond acceptors (Lipinski definition) is 2. The Morgan fingerprint density at radius 1 is 1.40 bits per heavy atom. The Morgan fingerprint density at radius 3 is 2.45 bits per heavy atom. The minimum Gasteiger partial charge on any atom is -0.480 e. The second-order valence-corrected chi connectivity index (χ2v) is 5.77. The minimum atomic E-state index is -4.54. The van der Waals surface area contributed by atoms with E-state index in [2.05, 4.69) is 21.2 Å². The average Bonchev–Trinajstić information content (AvgIpc) is 2.25. The van der Waals surface area contributed by atoms with Gasteiger partial charge in [-0.3, -0.25) is 0 Å². The van der Waals surface area contributed by atoms with Crippen molar-refractivity contribution >= 4 is 27.6 Å². The topological polar surface area (TPSA) is 49.3 Å². The second-order valence-electron chi connectivity index (χ2n) is 4.85. The molecule has 112 valence electrons. The molecule has 1 rings (SSSR count). The largest absolute Gasteiger partial charge is 0.480 e. The molecule has 0 saturated heterocycles. The maximum atomic E-state index is 12.9. The Labute approximate surface area is 123 Å². The molecule has 0 aromatic heterocycles. The van der Waals surface area contributed by atoms with Crippen LogP contribution in [0.2, 0.25) is 0 Å². The number of aliphatic carboxylic acids is 1. The van der Waals surface area contributed by atoms with Crippen LogP contribution < -0.4 is 5.32 Å². The van der Waals surface area contributed by atoms with E-state index in [0.717, 1.165) is 6.07 Å². The van der Waals surface area contributed by atoms with Crippen molar-refractivity contribution in [3.05, 3.63) is 28.2 Å². The third-order valence-corrected chi connectivity index (χ3v) is 3.12. The lowest BCUT2D eigenvalue weighted by molar-refractivity contribution is -0.139. The molecule has 0 heterocycles. The summed E-state index contributed by atoms with van der Waals surface area (Å²) >= 11 is 3.09. The Balaban J connectivity index is 3.11. The molecule has 0 radical (unpaired) electrons. The smallest absolute Gasteiger partial charge is 0.418 e. The molecule has 0 aliphatic carbocycles. The fraction of sp³-hybridized carbons (Fsp3) is 0.462. The maximum Gasteiger partial charge on any atom is 0.418 e. The number of anilines is 1. The molecule has 1 unspecified atom stereocenters. The molecular formula is C13H15BrF3NO2. The standard InChI is InChI=1S/C13H15BrF3NO2/c1-7(2)5-11(12(19)20)18-10-6-8(14)3-4-9(10)13(15,16)17/h3-4,6-7,11,18H,5H2,1-2H3,(H,19,20). The number of rotatable bonds is 5. The zero-order valence-corrected chi connectivity index (χ0v) is 12.5. The summed E-state index contributed by atoms with van der Waals surface area (Å²) in [4.78, 5) is 11.1. The lowest BCUT2D eigenvalue weighted by atomic mass is 10.0. The number of benzene rings is 1. The van der Waals surface area contributed by atoms with Crippen molar-refractivity contribution in [2.45, 2.75) is 32.5 Å². The van der Waals surface area contributed by atoms with Gasteiger partial charge in [0.05, 0.1) is 5.56 Å². The van der Waals surface area contributed by atoms with Crippen molar-refractivity contribution in [1.82, 2.24) is 0 Å². The van der Waals surface area contributed by atoms with Crippen LogP contribution in [0.1, 0.15) is 25.8 Å². The van der Waals surface area contributed by atoms with Crippen molar-refractivity contribution in [3.63, 3.8) is 0 Å². The predicted octanol–water partition coefficient (Wildman–Crippen LogP) is 4.38. The van der Waals surface area contributed by atoms with E-state index < -0.39 is 23.8 Å². The van der Waals surface area contributed by atoms with Gasteiger partial charge in [0, 0.05) is 10.2 Å². The number of alkyl halides is 3. The van der Waals surface area contributed by atoms with Crippen molar-refractivity contribution in [1.29, 1.82) is 0 Å². The Morgan fingerprint density at radius 2 is 2.00 bits per heavy atom. The Bertz CT molecular complexity index is 489. The molecule has 0 fully saturated rings. The highest BCUT2D eigenvalue weighted by Gasteiger charge is 2.34. The number of nitrogens with one attached hydrogen (secondary N) is 1. The fourth-order valence-corrected chi connectivity index (χ4v) is 2.12. The zero-order chi connectivity index (χ0) is 15.5. The lowest BCUT2D eigenvalue weighted by Gasteiger charge is -2.21. The van der Waals surface area contributed by atoms with Gasteiger partial charge in [-0.05, 0) is 30.5 Å². The SMILES string of the molecule is CC(C)CC(Nc1cc(Br)ccc1C(F)(F)F)C(=O)O. The van der Waals surface area contributed by atoms with Gasteiger partial charge in [-0.2, -0.15) is 13.2 Å². The summed E-state index contributed by atoms with van der Waals surface area (Å²) in [5.41, 5.74) is -1.12. The number of hydrogen-bond donors (Lipinski definition) is 2. The first-order valence-corrected chi connectivity index (χ1v) is 6.76. The summed E-state index contributed by atoms with van der Waals surface area (Å²) in [6.45, 7) is 3.62. The maximum absolute atomic E-state index is 12.9. The molecule has 1 aromatic rings. The van der Waals surface area contributed by atoms with E-state index in [1.165, 1.54) is 12.1 Å². The van der Waals surface area contributed by atoms with E-state index in [0.29, 0.717) is 4.47 Å². The highest BCUT2D eigenvalue weighted by atomic mass is 79.9. The van der Waals surface area contributed by atoms with Crippen LogP contribution in [-0.2, 0) is 11.0 Å². The summed E-state index contributed by atoms with van der Waals surface area (Å²) < 4.78 is 39.1.